The van der Waals surface area contributed by atoms with Crippen molar-refractivity contribution in [1.29, 1.82) is 5.26 Å². The van der Waals surface area contributed by atoms with Gasteiger partial charge in [0.2, 0.25) is 0 Å². The second-order valence-electron chi connectivity index (χ2n) is 8.29. The monoisotopic (exact) mass is 435 g/mol. The molecule has 0 aliphatic carbocycles. The lowest BCUT2D eigenvalue weighted by molar-refractivity contribution is -0.135. The number of hydrogen-bond donors (Lipinski definition) is 0. The number of aromatic nitrogens is 1. The average Bonchev–Trinajstić information content (AvgIpc) is 3.45. The van der Waals surface area contributed by atoms with Crippen molar-refractivity contribution >= 4 is 12.0 Å². The molecule has 0 spiro atoms. The first kappa shape index (κ1) is 22.1. The normalized spacial score (nSPS) is 19.8. The Bertz CT molecular complexity index is 1040. The van der Waals surface area contributed by atoms with E-state index in [4.69, 9.17) is 14.2 Å². The quantitative estimate of drug-likeness (QED) is 0.530. The number of benzene rings is 1. The van der Waals surface area contributed by atoms with Gasteiger partial charge in [-0.2, -0.15) is 5.26 Å². The fourth-order valence-corrected chi connectivity index (χ4v) is 4.60. The molecule has 2 aliphatic heterocycles. The minimum absolute atomic E-state index is 0.147. The number of carbonyl (C=O) groups excluding carboxylic acids is 1. The largest absolute Gasteiger partial charge is 0.497 e. The van der Waals surface area contributed by atoms with Crippen molar-refractivity contribution in [3.63, 3.8) is 0 Å². The van der Waals surface area contributed by atoms with Crippen molar-refractivity contribution in [2.75, 3.05) is 33.4 Å². The second kappa shape index (κ2) is 9.60. The summed E-state index contributed by atoms with van der Waals surface area (Å²) in [6.45, 7) is 6.40. The Balaban J connectivity index is 1.56. The molecule has 2 fully saturated rings. The number of piperidine rings is 1. The van der Waals surface area contributed by atoms with E-state index in [-0.39, 0.29) is 23.7 Å². The van der Waals surface area contributed by atoms with Crippen LogP contribution in [0.5, 0.6) is 5.75 Å². The minimum Gasteiger partial charge on any atom is -0.497 e. The van der Waals surface area contributed by atoms with Crippen molar-refractivity contribution in [3.05, 3.63) is 52.9 Å². The predicted molar refractivity (Wildman–Crippen MR) is 120 cm³/mol. The Morgan fingerprint density at radius 2 is 1.94 bits per heavy atom. The summed E-state index contributed by atoms with van der Waals surface area (Å²) in [7, 11) is 1.64. The van der Waals surface area contributed by atoms with E-state index < -0.39 is 0 Å². The van der Waals surface area contributed by atoms with Crippen LogP contribution in [-0.2, 0) is 14.3 Å². The van der Waals surface area contributed by atoms with E-state index in [9.17, 15) is 10.1 Å². The van der Waals surface area contributed by atoms with Gasteiger partial charge in [-0.3, -0.25) is 4.79 Å². The summed E-state index contributed by atoms with van der Waals surface area (Å²) < 4.78 is 18.6. The molecule has 1 unspecified atom stereocenters. The third kappa shape index (κ3) is 4.43. The summed E-state index contributed by atoms with van der Waals surface area (Å²) in [4.78, 5) is 14.9. The Morgan fingerprint density at radius 3 is 2.59 bits per heavy atom. The Morgan fingerprint density at radius 1 is 1.22 bits per heavy atom. The smallest absolute Gasteiger partial charge is 0.264 e. The lowest BCUT2D eigenvalue weighted by atomic mass is 9.96. The maximum absolute atomic E-state index is 13.2. The Labute approximate surface area is 188 Å². The van der Waals surface area contributed by atoms with Crippen LogP contribution in [0.3, 0.4) is 0 Å². The third-order valence-corrected chi connectivity index (χ3v) is 6.23. The van der Waals surface area contributed by atoms with Gasteiger partial charge in [-0.05, 0) is 68.7 Å². The van der Waals surface area contributed by atoms with Crippen LogP contribution in [0.15, 0.2) is 35.9 Å². The average molecular weight is 436 g/mol. The third-order valence-electron chi connectivity index (χ3n) is 6.23. The predicted octanol–water partition coefficient (Wildman–Crippen LogP) is 3.62. The number of carbonyl (C=O) groups is 1. The molecule has 4 rings (SSSR count). The first-order valence-electron chi connectivity index (χ1n) is 11.0. The number of nitrogens with zero attached hydrogens (tertiary/aromatic N) is 3. The topological polar surface area (TPSA) is 76.7 Å². The van der Waals surface area contributed by atoms with Crippen LogP contribution in [0, 0.1) is 31.1 Å². The molecule has 1 aromatic heterocycles. The molecular weight excluding hydrogens is 406 g/mol. The fourth-order valence-electron chi connectivity index (χ4n) is 4.60. The molecule has 1 amide bonds. The highest BCUT2D eigenvalue weighted by Gasteiger charge is 2.33. The number of amides is 1. The van der Waals surface area contributed by atoms with Gasteiger partial charge in [0.25, 0.3) is 5.91 Å². The molecule has 1 atom stereocenters. The summed E-state index contributed by atoms with van der Waals surface area (Å²) in [5.41, 5.74) is 4.00. The first-order chi connectivity index (χ1) is 15.5. The summed E-state index contributed by atoms with van der Waals surface area (Å²) in [6, 6.07) is 11.9. The minimum atomic E-state index is -0.247. The maximum atomic E-state index is 13.2. The van der Waals surface area contributed by atoms with Crippen LogP contribution in [0.2, 0.25) is 0 Å². The van der Waals surface area contributed by atoms with Gasteiger partial charge in [-0.1, -0.05) is 0 Å². The van der Waals surface area contributed by atoms with Gasteiger partial charge in [-0.25, -0.2) is 0 Å². The highest BCUT2D eigenvalue weighted by atomic mass is 16.7. The number of ether oxygens (including phenoxy) is 3. The van der Waals surface area contributed by atoms with Gasteiger partial charge >= 0.3 is 0 Å². The van der Waals surface area contributed by atoms with Crippen LogP contribution < -0.4 is 4.74 Å². The highest BCUT2D eigenvalue weighted by molar-refractivity contribution is 6.01. The lowest BCUT2D eigenvalue weighted by Crippen LogP contribution is -2.44. The van der Waals surface area contributed by atoms with E-state index in [0.717, 1.165) is 41.2 Å². The standard InChI is InChI=1S/C25H29N3O4/c1-17-13-20(18(2)28(17)22-6-8-23(30-3)9-7-22)14-21(15-26)24(29)27-10-4-5-19(16-27)25-31-11-12-32-25/h6-9,13-14,19,25H,4-5,10-12,16H2,1-3H3/b21-14-. The van der Waals surface area contributed by atoms with Crippen molar-refractivity contribution in [1.82, 2.24) is 9.47 Å². The van der Waals surface area contributed by atoms with Crippen molar-refractivity contribution in [3.8, 4) is 17.5 Å². The van der Waals surface area contributed by atoms with Gasteiger partial charge in [0.1, 0.15) is 17.4 Å². The van der Waals surface area contributed by atoms with Crippen LogP contribution in [0.4, 0.5) is 0 Å². The van der Waals surface area contributed by atoms with Gasteiger partial charge in [-0.15, -0.1) is 0 Å². The molecule has 2 aliphatic rings. The summed E-state index contributed by atoms with van der Waals surface area (Å²) in [5.74, 6) is 0.710. The lowest BCUT2D eigenvalue weighted by Gasteiger charge is -2.34. The van der Waals surface area contributed by atoms with Crippen LogP contribution in [0.25, 0.3) is 11.8 Å². The fraction of sp³-hybridized carbons (Fsp3) is 0.440. The van der Waals surface area contributed by atoms with Crippen LogP contribution in [0.1, 0.15) is 29.8 Å². The number of likely N-dealkylation sites (tertiary alicyclic amines) is 1. The van der Waals surface area contributed by atoms with Crippen molar-refractivity contribution in [2.45, 2.75) is 33.0 Å². The summed E-state index contributed by atoms with van der Waals surface area (Å²) in [5, 5.41) is 9.77. The first-order valence-corrected chi connectivity index (χ1v) is 11.0. The summed E-state index contributed by atoms with van der Waals surface area (Å²) in [6.07, 6.45) is 3.30. The molecule has 2 aromatic rings. The van der Waals surface area contributed by atoms with Crippen molar-refractivity contribution < 1.29 is 19.0 Å². The molecule has 0 radical (unpaired) electrons. The number of methoxy groups -OCH3 is 1. The van der Waals surface area contributed by atoms with E-state index in [1.54, 1.807) is 18.1 Å². The zero-order chi connectivity index (χ0) is 22.7. The van der Waals surface area contributed by atoms with Crippen LogP contribution in [-0.4, -0.2) is 55.1 Å². The zero-order valence-electron chi connectivity index (χ0n) is 18.8. The zero-order valence-corrected chi connectivity index (χ0v) is 18.8. The van der Waals surface area contributed by atoms with Gasteiger partial charge < -0.3 is 23.7 Å². The molecule has 0 N–H and O–H groups in total. The van der Waals surface area contributed by atoms with E-state index in [1.165, 1.54) is 0 Å². The molecule has 3 heterocycles. The Kier molecular flexibility index (Phi) is 6.63. The van der Waals surface area contributed by atoms with E-state index >= 15 is 0 Å². The van der Waals surface area contributed by atoms with E-state index in [1.807, 2.05) is 44.2 Å². The summed E-state index contributed by atoms with van der Waals surface area (Å²) >= 11 is 0. The van der Waals surface area contributed by atoms with Gasteiger partial charge in [0.15, 0.2) is 6.29 Å². The van der Waals surface area contributed by atoms with E-state index in [2.05, 4.69) is 10.6 Å². The van der Waals surface area contributed by atoms with Crippen molar-refractivity contribution in [2.24, 2.45) is 5.92 Å². The maximum Gasteiger partial charge on any atom is 0.264 e. The molecule has 7 nitrogen and oxygen atoms in total. The van der Waals surface area contributed by atoms with Crippen LogP contribution >= 0.6 is 0 Å². The second-order valence-corrected chi connectivity index (χ2v) is 8.29. The molecule has 0 bridgehead atoms. The number of nitriles is 1. The molecule has 0 saturated carbocycles. The number of aryl methyl sites for hydroxylation is 1. The van der Waals surface area contributed by atoms with Gasteiger partial charge in [0.05, 0.1) is 20.3 Å². The number of rotatable bonds is 5. The van der Waals surface area contributed by atoms with Gasteiger partial charge in [0, 0.05) is 36.1 Å². The molecule has 32 heavy (non-hydrogen) atoms. The molecule has 168 valence electrons. The molecule has 7 heteroatoms. The van der Waals surface area contributed by atoms with E-state index in [0.29, 0.717) is 26.3 Å². The SMILES string of the molecule is COc1ccc(-n2c(C)cc(/C=C(/C#N)C(=O)N3CCCC(C4OCCO4)C3)c2C)cc1. The highest BCUT2D eigenvalue weighted by Crippen LogP contribution is 2.27. The molecule has 1 aromatic carbocycles. The molecular formula is C25H29N3O4. The Hall–Kier alpha value is -3.08. The molecule has 2 saturated heterocycles. The number of hydrogen-bond acceptors (Lipinski definition) is 5.